The topological polar surface area (TPSA) is 150 Å². The molecule has 0 heterocycles. The van der Waals surface area contributed by atoms with Crippen LogP contribution in [-0.4, -0.2) is 62.9 Å². The van der Waals surface area contributed by atoms with Crippen LogP contribution in [0.4, 0.5) is 0 Å². The maximum Gasteiger partial charge on any atom is 0.343 e. The third-order valence-electron chi connectivity index (χ3n) is 10.5. The molecule has 0 N–H and O–H groups in total. The summed E-state index contributed by atoms with van der Waals surface area (Å²) in [6.45, 7) is 20.7. The van der Waals surface area contributed by atoms with E-state index >= 15 is 0 Å². The van der Waals surface area contributed by atoms with E-state index in [-0.39, 0.29) is 36.2 Å². The number of ether oxygens (including phenoxy) is 7. The summed E-state index contributed by atoms with van der Waals surface area (Å²) < 4.78 is 38.9. The molecular weight excluding hydrogens is 865 g/mol. The smallest absolute Gasteiger partial charge is 0.343 e. The van der Waals surface area contributed by atoms with Crippen molar-refractivity contribution >= 4 is 35.9 Å². The van der Waals surface area contributed by atoms with E-state index in [1.807, 2.05) is 61.5 Å². The fourth-order valence-electron chi connectivity index (χ4n) is 6.53. The van der Waals surface area contributed by atoms with Gasteiger partial charge in [0.25, 0.3) is 0 Å². The molecule has 4 aromatic carbocycles. The Kier molecular flexibility index (Phi) is 22.1. The summed E-state index contributed by atoms with van der Waals surface area (Å²) in [4.78, 5) is 61.3. The second-order valence-corrected chi connectivity index (χ2v) is 16.5. The summed E-state index contributed by atoms with van der Waals surface area (Å²) in [6, 6.07) is 25.5. The van der Waals surface area contributed by atoms with Crippen molar-refractivity contribution in [1.29, 1.82) is 0 Å². The lowest BCUT2D eigenvalue weighted by Crippen LogP contribution is -2.23. The number of hydrogen-bond donors (Lipinski definition) is 0. The van der Waals surface area contributed by atoms with Crippen molar-refractivity contribution in [3.63, 3.8) is 0 Å². The molecule has 0 atom stereocenters. The number of benzene rings is 4. The zero-order valence-corrected chi connectivity index (χ0v) is 40.0. The zero-order chi connectivity index (χ0) is 49.4. The Hall–Kier alpha value is -7.21. The molecule has 0 aromatic heterocycles. The van der Waals surface area contributed by atoms with Crippen LogP contribution in [0.2, 0.25) is 0 Å². The van der Waals surface area contributed by atoms with Gasteiger partial charge in [-0.1, -0.05) is 88.7 Å². The largest absolute Gasteiger partial charge is 0.494 e. The highest BCUT2D eigenvalue weighted by Crippen LogP contribution is 2.27. The van der Waals surface area contributed by atoms with Gasteiger partial charge in [-0.3, -0.25) is 0 Å². The number of carbonyl (C=O) groups excluding carboxylic acids is 5. The predicted octanol–water partition coefficient (Wildman–Crippen LogP) is 11.5. The number of rotatable bonds is 28. The molecule has 4 aromatic rings. The SMILES string of the molecule is C=C(C)C(=O)OCCCCCCCCOc1ccc(C(=O)Oc2ccc(OC(=O)/C=C/c3ccc(-c4ccc(OCCC(COC(=O)C(=C)C)COC(=O)C(=C)C)cc4)cc3)c(C)c2)c(CC)c1. The molecule has 0 amide bonds. The lowest BCUT2D eigenvalue weighted by molar-refractivity contribution is -0.144. The maximum atomic E-state index is 13.2. The summed E-state index contributed by atoms with van der Waals surface area (Å²) in [6.07, 6.45) is 10.0. The lowest BCUT2D eigenvalue weighted by atomic mass is 10.0. The van der Waals surface area contributed by atoms with Crippen molar-refractivity contribution in [2.45, 2.75) is 86.0 Å². The number of unbranched alkanes of at least 4 members (excludes halogenated alkanes) is 5. The molecule has 0 radical (unpaired) electrons. The minimum absolute atomic E-state index is 0.0538. The highest BCUT2D eigenvalue weighted by molar-refractivity contribution is 5.93. The number of esters is 5. The molecule has 0 saturated heterocycles. The normalized spacial score (nSPS) is 10.9. The van der Waals surface area contributed by atoms with Gasteiger partial charge in [0.2, 0.25) is 0 Å². The average molecular weight is 929 g/mol. The fourth-order valence-corrected chi connectivity index (χ4v) is 6.53. The lowest BCUT2D eigenvalue weighted by Gasteiger charge is -2.18. The number of carbonyl (C=O) groups is 5. The molecule has 12 heteroatoms. The zero-order valence-electron chi connectivity index (χ0n) is 40.0. The molecule has 0 saturated carbocycles. The van der Waals surface area contributed by atoms with E-state index in [1.165, 1.54) is 6.08 Å². The summed E-state index contributed by atoms with van der Waals surface area (Å²) in [5.74, 6) is -0.677. The van der Waals surface area contributed by atoms with Crippen LogP contribution in [-0.2, 0) is 39.8 Å². The van der Waals surface area contributed by atoms with Crippen molar-refractivity contribution in [3.05, 3.63) is 150 Å². The van der Waals surface area contributed by atoms with Gasteiger partial charge in [0.05, 0.1) is 38.6 Å². The molecule has 0 bridgehead atoms. The van der Waals surface area contributed by atoms with Crippen molar-refractivity contribution in [2.75, 3.05) is 33.0 Å². The van der Waals surface area contributed by atoms with Crippen molar-refractivity contribution < 1.29 is 57.1 Å². The van der Waals surface area contributed by atoms with Gasteiger partial charge in [0.1, 0.15) is 23.0 Å². The molecule has 68 heavy (non-hydrogen) atoms. The van der Waals surface area contributed by atoms with Gasteiger partial charge in [-0.15, -0.1) is 0 Å². The summed E-state index contributed by atoms with van der Waals surface area (Å²) in [5.41, 5.74) is 5.59. The van der Waals surface area contributed by atoms with Gasteiger partial charge < -0.3 is 33.2 Å². The summed E-state index contributed by atoms with van der Waals surface area (Å²) in [7, 11) is 0. The van der Waals surface area contributed by atoms with Crippen LogP contribution in [0, 0.1) is 12.8 Å². The first-order valence-corrected chi connectivity index (χ1v) is 22.9. The average Bonchev–Trinajstić information content (AvgIpc) is 3.32. The van der Waals surface area contributed by atoms with Crippen LogP contribution in [0.3, 0.4) is 0 Å². The predicted molar refractivity (Wildman–Crippen MR) is 263 cm³/mol. The number of aryl methyl sites for hydroxylation is 2. The molecular formula is C56H64O12. The van der Waals surface area contributed by atoms with E-state index in [2.05, 4.69) is 19.7 Å². The first kappa shape index (κ1) is 53.4. The van der Waals surface area contributed by atoms with E-state index in [1.54, 1.807) is 64.1 Å². The minimum Gasteiger partial charge on any atom is -0.494 e. The first-order chi connectivity index (χ1) is 32.6. The maximum absolute atomic E-state index is 13.2. The van der Waals surface area contributed by atoms with Crippen LogP contribution < -0.4 is 18.9 Å². The molecule has 0 aliphatic heterocycles. The monoisotopic (exact) mass is 928 g/mol. The summed E-state index contributed by atoms with van der Waals surface area (Å²) in [5, 5.41) is 0. The van der Waals surface area contributed by atoms with Crippen LogP contribution in [0.1, 0.15) is 99.7 Å². The third-order valence-corrected chi connectivity index (χ3v) is 10.5. The Labute approximate surface area is 400 Å². The quantitative estimate of drug-likeness (QED) is 0.0175. The molecule has 0 unspecified atom stereocenters. The van der Waals surface area contributed by atoms with Crippen LogP contribution in [0.5, 0.6) is 23.0 Å². The molecule has 12 nitrogen and oxygen atoms in total. The first-order valence-electron chi connectivity index (χ1n) is 22.9. The Morgan fingerprint density at radius 1 is 0.574 bits per heavy atom. The number of hydrogen-bond acceptors (Lipinski definition) is 12. The molecule has 0 aliphatic carbocycles. The molecule has 360 valence electrons. The fraction of sp³-hybridized carbons (Fsp3) is 0.339. The van der Waals surface area contributed by atoms with Crippen LogP contribution in [0.25, 0.3) is 17.2 Å². The minimum atomic E-state index is -0.560. The van der Waals surface area contributed by atoms with Gasteiger partial charge in [-0.2, -0.15) is 0 Å². The third kappa shape index (κ3) is 18.6. The Morgan fingerprint density at radius 3 is 1.69 bits per heavy atom. The standard InChI is InChI=1S/C56H64O12/c1-9-44-35-48(62-31-14-12-10-11-13-15-32-64-53(58)38(2)3)25-27-50(44)56(61)67-49-26-28-51(41(8)34-49)68-52(57)29-18-42-16-19-45(20-17-42)46-21-23-47(24-22-46)63-33-30-43(36-65-54(59)39(4)5)37-66-55(60)40(6)7/h16-29,34-35,43H,2,4,6,9-15,30-33,36-37H2,1,3,5,7-8H3/b29-18+. The van der Waals surface area contributed by atoms with E-state index in [0.717, 1.165) is 60.8 Å². The van der Waals surface area contributed by atoms with Gasteiger partial charge in [0, 0.05) is 28.7 Å². The highest BCUT2D eigenvalue weighted by atomic mass is 16.6. The van der Waals surface area contributed by atoms with Crippen LogP contribution >= 0.6 is 0 Å². The van der Waals surface area contributed by atoms with E-state index in [4.69, 9.17) is 33.2 Å². The van der Waals surface area contributed by atoms with Gasteiger partial charge in [-0.05, 0) is 136 Å². The molecule has 0 aliphatic rings. The molecule has 0 fully saturated rings. The van der Waals surface area contributed by atoms with E-state index in [0.29, 0.717) is 72.4 Å². The van der Waals surface area contributed by atoms with Gasteiger partial charge in [0.15, 0.2) is 0 Å². The Bertz CT molecular complexity index is 2380. The van der Waals surface area contributed by atoms with Gasteiger partial charge in [-0.25, -0.2) is 24.0 Å². The van der Waals surface area contributed by atoms with Crippen molar-refractivity contribution in [1.82, 2.24) is 0 Å². The van der Waals surface area contributed by atoms with Crippen molar-refractivity contribution in [3.8, 4) is 34.1 Å². The van der Waals surface area contributed by atoms with Crippen molar-refractivity contribution in [2.24, 2.45) is 5.92 Å². The second kappa shape index (κ2) is 28.1. The Morgan fingerprint density at radius 2 is 1.10 bits per heavy atom. The van der Waals surface area contributed by atoms with Crippen LogP contribution in [0.15, 0.2) is 127 Å². The molecule has 4 rings (SSSR count). The second-order valence-electron chi connectivity index (χ2n) is 16.5. The highest BCUT2D eigenvalue weighted by Gasteiger charge is 2.18. The summed E-state index contributed by atoms with van der Waals surface area (Å²) >= 11 is 0. The van der Waals surface area contributed by atoms with E-state index in [9.17, 15) is 24.0 Å². The molecule has 0 spiro atoms. The van der Waals surface area contributed by atoms with Gasteiger partial charge >= 0.3 is 29.8 Å². The van der Waals surface area contributed by atoms with E-state index < -0.39 is 23.9 Å². The Balaban J connectivity index is 1.20.